The van der Waals surface area contributed by atoms with Crippen LogP contribution in [0.2, 0.25) is 0 Å². The summed E-state index contributed by atoms with van der Waals surface area (Å²) in [6.07, 6.45) is 18.4. The maximum Gasteiger partial charge on any atom is 0.762 e. The van der Waals surface area contributed by atoms with Crippen LogP contribution in [0, 0.1) is 36.5 Å². The van der Waals surface area contributed by atoms with Gasteiger partial charge >= 0.3 is 7.54 Å². The maximum atomic E-state index is 10.0. The van der Waals surface area contributed by atoms with E-state index in [1.165, 1.54) is 0 Å². The average molecular weight is 879 g/mol. The fourth-order valence-electron chi connectivity index (χ4n) is 6.44. The molecule has 12 nitrogen and oxygen atoms in total. The number of aromatic hydroxyl groups is 1. The Morgan fingerprint density at radius 1 is 0.641 bits per heavy atom. The molecule has 1 N–H and O–H groups in total. The van der Waals surface area contributed by atoms with Crippen LogP contribution in [-0.2, 0) is 13.1 Å². The highest BCUT2D eigenvalue weighted by atomic mass is 32.2. The fourth-order valence-corrected chi connectivity index (χ4v) is 6.44. The van der Waals surface area contributed by atoms with E-state index < -0.39 is 7.54 Å². The summed E-state index contributed by atoms with van der Waals surface area (Å²) in [7, 11) is -2.02. The molecule has 6 heterocycles. The topological polar surface area (TPSA) is 164 Å². The molecule has 0 aliphatic heterocycles. The Morgan fingerprint density at radius 3 is 1.50 bits per heavy atom. The first-order valence-electron chi connectivity index (χ1n) is 19.4. The number of halogens is 3. The van der Waals surface area contributed by atoms with E-state index in [0.29, 0.717) is 5.69 Å². The summed E-state index contributed by atoms with van der Waals surface area (Å²) in [5.41, 5.74) is 12.4. The Morgan fingerprint density at radius 2 is 1.09 bits per heavy atom. The molecule has 8 rings (SSSR count). The van der Waals surface area contributed by atoms with Gasteiger partial charge in [-0.2, -0.15) is 32.5 Å². The van der Waals surface area contributed by atoms with Crippen molar-refractivity contribution in [2.45, 2.75) is 26.9 Å². The van der Waals surface area contributed by atoms with E-state index >= 15 is 0 Å². The van der Waals surface area contributed by atoms with E-state index in [4.69, 9.17) is 15.3 Å². The van der Waals surface area contributed by atoms with Crippen molar-refractivity contribution in [3.63, 3.8) is 0 Å². The highest BCUT2D eigenvalue weighted by molar-refractivity contribution is 7.97. The molecule has 8 aromatic rings. The summed E-state index contributed by atoms with van der Waals surface area (Å²) in [5.74, 6) is 0.952. The van der Waals surface area contributed by atoms with Gasteiger partial charge < -0.3 is 9.84 Å². The number of aromatic nitrogens is 8. The highest BCUT2D eigenvalue weighted by Crippen LogP contribution is 2.36. The molecule has 0 atom stereocenters. The van der Waals surface area contributed by atoms with Crippen molar-refractivity contribution in [1.29, 1.82) is 10.5 Å². The van der Waals surface area contributed by atoms with Crippen molar-refractivity contribution in [3.8, 4) is 90.9 Å². The van der Waals surface area contributed by atoms with Crippen molar-refractivity contribution in [3.05, 3.63) is 146 Å². The number of benzene rings is 2. The van der Waals surface area contributed by atoms with Gasteiger partial charge in [0, 0.05) is 83.0 Å². The van der Waals surface area contributed by atoms with E-state index in [9.17, 15) is 18.1 Å². The van der Waals surface area contributed by atoms with Gasteiger partial charge in [-0.25, -0.2) is 0 Å². The third kappa shape index (κ3) is 13.1. The molecule has 2 aromatic carbocycles. The molecular formula is C47H42BF3N10O2S. The maximum absolute atomic E-state index is 10.0. The Bertz CT molecular complexity index is 2830. The van der Waals surface area contributed by atoms with Crippen molar-refractivity contribution in [1.82, 2.24) is 39.5 Å². The molecule has 64 heavy (non-hydrogen) atoms. The lowest BCUT2D eigenvalue weighted by molar-refractivity contribution is 0.414. The second-order valence-electron chi connectivity index (χ2n) is 13.8. The standard InChI is InChI=1S/C23H19N5O.C22H17N5O.C2H6S.BF3/c1-16-10-19(12-20(11-16)29-2)23-21(15-28(27-23)9-6-24)17-5-8-26-22(13-17)18-4-3-7-25-14-18;1-15-9-18(11-19(28)10-15)22-20(14-27(26-22)8-5-23)16-4-7-25-21(12-16)17-3-2-6-24-13-17;1-3-2;2-1(3)4/h3-5,7-8,10-15H,9H2,1-2H3;2-4,6-7,9-14,28H,8H2,1H3;1-2H3;. The van der Waals surface area contributed by atoms with Crippen LogP contribution in [0.5, 0.6) is 11.5 Å². The minimum atomic E-state index is -3.67. The Balaban J connectivity index is 0.000000211. The molecule has 0 saturated carbocycles. The van der Waals surface area contributed by atoms with Gasteiger partial charge in [-0.1, -0.05) is 0 Å². The van der Waals surface area contributed by atoms with Crippen LogP contribution >= 0.6 is 11.8 Å². The van der Waals surface area contributed by atoms with Gasteiger partial charge in [0.15, 0.2) is 0 Å². The molecule has 0 bridgehead atoms. The van der Waals surface area contributed by atoms with Crippen LogP contribution in [-0.4, -0.2) is 71.8 Å². The number of phenolic OH excluding ortho intramolecular Hbond substituents is 1. The normalized spacial score (nSPS) is 10.1. The number of hydrogen-bond acceptors (Lipinski definition) is 11. The third-order valence-corrected chi connectivity index (χ3v) is 8.94. The van der Waals surface area contributed by atoms with Crippen molar-refractivity contribution in [2.24, 2.45) is 0 Å². The molecule has 17 heteroatoms. The minimum Gasteiger partial charge on any atom is -0.508 e. The van der Waals surface area contributed by atoms with Crippen LogP contribution in [0.1, 0.15) is 11.1 Å². The van der Waals surface area contributed by atoms with Gasteiger partial charge in [0.05, 0.1) is 30.6 Å². The smallest absolute Gasteiger partial charge is 0.508 e. The number of thioether (sulfide) groups is 1. The summed E-state index contributed by atoms with van der Waals surface area (Å²) >= 11 is 1.75. The fraction of sp³-hybridized carbons (Fsp3) is 0.149. The molecule has 0 spiro atoms. The largest absolute Gasteiger partial charge is 0.762 e. The lowest BCUT2D eigenvalue weighted by atomic mass is 10.00. The van der Waals surface area contributed by atoms with Gasteiger partial charge in [-0.3, -0.25) is 42.2 Å². The predicted molar refractivity (Wildman–Crippen MR) is 246 cm³/mol. The number of phenols is 1. The second-order valence-corrected chi connectivity index (χ2v) is 14.6. The summed E-state index contributed by atoms with van der Waals surface area (Å²) in [4.78, 5) is 17.3. The number of pyridine rings is 4. The number of rotatable bonds is 9. The number of methoxy groups -OCH3 is 1. The summed E-state index contributed by atoms with van der Waals surface area (Å²) in [5, 5.41) is 37.5. The Kier molecular flexibility index (Phi) is 17.3. The number of aryl methyl sites for hydroxylation is 2. The zero-order valence-corrected chi connectivity index (χ0v) is 36.4. The van der Waals surface area contributed by atoms with Crippen molar-refractivity contribution >= 4 is 19.3 Å². The lowest BCUT2D eigenvalue weighted by Crippen LogP contribution is -1.95. The zero-order valence-electron chi connectivity index (χ0n) is 35.6. The molecule has 0 unspecified atom stereocenters. The van der Waals surface area contributed by atoms with Gasteiger partial charge in [-0.05, 0) is 134 Å². The molecule has 0 saturated heterocycles. The van der Waals surface area contributed by atoms with E-state index in [0.717, 1.165) is 78.5 Å². The highest BCUT2D eigenvalue weighted by Gasteiger charge is 2.17. The van der Waals surface area contributed by atoms with E-state index in [-0.39, 0.29) is 18.8 Å². The number of nitriles is 2. The summed E-state index contributed by atoms with van der Waals surface area (Å²) in [6.45, 7) is 4.26. The first-order chi connectivity index (χ1) is 31.0. The molecule has 0 radical (unpaired) electrons. The number of nitrogens with zero attached hydrogens (tertiary/aromatic N) is 10. The lowest BCUT2D eigenvalue weighted by Gasteiger charge is -2.08. The monoisotopic (exact) mass is 878 g/mol. The molecule has 6 aromatic heterocycles. The number of hydrogen-bond donors (Lipinski definition) is 1. The van der Waals surface area contributed by atoms with Gasteiger partial charge in [0.2, 0.25) is 0 Å². The Hall–Kier alpha value is -7.76. The van der Waals surface area contributed by atoms with E-state index in [1.54, 1.807) is 77.5 Å². The van der Waals surface area contributed by atoms with Crippen LogP contribution in [0.3, 0.4) is 0 Å². The molecule has 0 fully saturated rings. The van der Waals surface area contributed by atoms with Crippen LogP contribution in [0.4, 0.5) is 12.9 Å². The minimum absolute atomic E-state index is 0.144. The first-order valence-corrected chi connectivity index (χ1v) is 21.0. The first kappa shape index (κ1) is 47.3. The average Bonchev–Trinajstić information content (AvgIpc) is 3.92. The second kappa shape index (κ2) is 23.5. The van der Waals surface area contributed by atoms with Crippen LogP contribution in [0.15, 0.2) is 135 Å². The van der Waals surface area contributed by atoms with Crippen LogP contribution in [0.25, 0.3) is 67.3 Å². The van der Waals surface area contributed by atoms with Crippen LogP contribution < -0.4 is 4.74 Å². The zero-order chi connectivity index (χ0) is 46.0. The summed E-state index contributed by atoms with van der Waals surface area (Å²) in [6, 6.07) is 31.1. The van der Waals surface area contributed by atoms with E-state index in [2.05, 4.69) is 48.3 Å². The predicted octanol–water partition coefficient (Wildman–Crippen LogP) is 10.6. The van der Waals surface area contributed by atoms with Crippen molar-refractivity contribution in [2.75, 3.05) is 19.6 Å². The SMILES string of the molecule is COc1cc(C)cc(-c2nn(CC#N)cc2-c2ccnc(-c3cccnc3)c2)c1.CSC.Cc1cc(O)cc(-c2nn(CC#N)cc2-c2ccnc(-c3cccnc3)c2)c1.FB(F)F. The summed E-state index contributed by atoms with van der Waals surface area (Å²) < 4.78 is 37.7. The molecular weight excluding hydrogens is 836 g/mol. The van der Waals surface area contributed by atoms with Gasteiger partial charge in [0.25, 0.3) is 0 Å². The number of ether oxygens (including phenoxy) is 1. The molecule has 0 amide bonds. The van der Waals surface area contributed by atoms with Crippen molar-refractivity contribution < 1.29 is 22.8 Å². The third-order valence-electron chi connectivity index (χ3n) is 8.94. The van der Waals surface area contributed by atoms with E-state index in [1.807, 2.05) is 105 Å². The molecule has 0 aliphatic carbocycles. The molecule has 322 valence electrons. The van der Waals surface area contributed by atoms with Gasteiger partial charge in [-0.15, -0.1) is 0 Å². The quantitative estimate of drug-likeness (QED) is 0.137. The molecule has 0 aliphatic rings. The van der Waals surface area contributed by atoms with Gasteiger partial charge in [0.1, 0.15) is 36.0 Å². The Labute approximate surface area is 374 Å².